The zero-order valence-electron chi connectivity index (χ0n) is 13.5. The number of methoxy groups -OCH3 is 1. The highest BCUT2D eigenvalue weighted by atomic mass is 32.2. The van der Waals surface area contributed by atoms with Crippen molar-refractivity contribution in [3.63, 3.8) is 0 Å². The Morgan fingerprint density at radius 1 is 1.33 bits per heavy atom. The summed E-state index contributed by atoms with van der Waals surface area (Å²) >= 11 is 1.63. The van der Waals surface area contributed by atoms with Crippen LogP contribution in [0, 0.1) is 0 Å². The van der Waals surface area contributed by atoms with Crippen molar-refractivity contribution in [1.29, 1.82) is 0 Å². The molecule has 0 spiro atoms. The maximum absolute atomic E-state index is 12.2. The summed E-state index contributed by atoms with van der Waals surface area (Å²) in [5, 5.41) is 2.98. The number of quaternary nitrogens is 1. The fourth-order valence-electron chi connectivity index (χ4n) is 2.23. The molecule has 0 saturated heterocycles. The van der Waals surface area contributed by atoms with E-state index >= 15 is 0 Å². The van der Waals surface area contributed by atoms with Crippen LogP contribution in [-0.4, -0.2) is 45.5 Å². The predicted octanol–water partition coefficient (Wildman–Crippen LogP) is 1.46. The van der Waals surface area contributed by atoms with E-state index in [4.69, 9.17) is 4.74 Å². The Morgan fingerprint density at radius 2 is 2.05 bits per heavy atom. The minimum Gasteiger partial charge on any atom is -0.496 e. The predicted molar refractivity (Wildman–Crippen MR) is 88.6 cm³/mol. The van der Waals surface area contributed by atoms with E-state index in [2.05, 4.69) is 19.2 Å². The SMILES string of the molecule is CC[NH+](CC)CCCNC(=O)c1ccc(SC)cc1OC. The monoisotopic (exact) mass is 311 g/mol. The molecule has 1 aromatic carbocycles. The van der Waals surface area contributed by atoms with Crippen molar-refractivity contribution in [2.45, 2.75) is 25.2 Å². The van der Waals surface area contributed by atoms with Gasteiger partial charge in [0.1, 0.15) is 5.75 Å². The summed E-state index contributed by atoms with van der Waals surface area (Å²) in [6.45, 7) is 8.44. The molecule has 0 radical (unpaired) electrons. The van der Waals surface area contributed by atoms with Crippen LogP contribution in [0.15, 0.2) is 23.1 Å². The van der Waals surface area contributed by atoms with Gasteiger partial charge in [-0.2, -0.15) is 0 Å². The van der Waals surface area contributed by atoms with Gasteiger partial charge in [0.2, 0.25) is 0 Å². The Morgan fingerprint density at radius 3 is 2.62 bits per heavy atom. The van der Waals surface area contributed by atoms with Crippen LogP contribution in [0.4, 0.5) is 0 Å². The molecule has 0 bridgehead atoms. The molecule has 0 aliphatic rings. The number of ether oxygens (including phenoxy) is 1. The van der Waals surface area contributed by atoms with E-state index in [1.54, 1.807) is 23.8 Å². The fraction of sp³-hybridized carbons (Fsp3) is 0.562. The number of thioether (sulfide) groups is 1. The summed E-state index contributed by atoms with van der Waals surface area (Å²) in [5.74, 6) is 0.572. The zero-order chi connectivity index (χ0) is 15.7. The van der Waals surface area contributed by atoms with Gasteiger partial charge in [-0.05, 0) is 38.3 Å². The van der Waals surface area contributed by atoms with Crippen molar-refractivity contribution in [1.82, 2.24) is 5.32 Å². The zero-order valence-corrected chi connectivity index (χ0v) is 14.3. The standard InChI is InChI=1S/C16H26N2O2S/c1-5-18(6-2)11-7-10-17-16(19)14-9-8-13(21-4)12-15(14)20-3/h8-9,12H,5-7,10-11H2,1-4H3,(H,17,19)/p+1. The van der Waals surface area contributed by atoms with Gasteiger partial charge in [0.15, 0.2) is 0 Å². The van der Waals surface area contributed by atoms with Gasteiger partial charge in [-0.3, -0.25) is 4.79 Å². The first-order valence-electron chi connectivity index (χ1n) is 7.50. The lowest BCUT2D eigenvalue weighted by Gasteiger charge is -2.15. The largest absolute Gasteiger partial charge is 0.496 e. The number of hydrogen-bond acceptors (Lipinski definition) is 3. The molecule has 0 aromatic heterocycles. The van der Waals surface area contributed by atoms with Crippen molar-refractivity contribution in [3.8, 4) is 5.75 Å². The maximum atomic E-state index is 12.2. The first-order chi connectivity index (χ1) is 10.2. The summed E-state index contributed by atoms with van der Waals surface area (Å²) in [7, 11) is 1.60. The van der Waals surface area contributed by atoms with E-state index in [9.17, 15) is 4.79 Å². The molecular formula is C16H27N2O2S+. The number of carbonyl (C=O) groups excluding carboxylic acids is 1. The molecule has 2 N–H and O–H groups in total. The van der Waals surface area contributed by atoms with Gasteiger partial charge in [0, 0.05) is 17.9 Å². The van der Waals surface area contributed by atoms with E-state index in [0.717, 1.165) is 31.0 Å². The molecule has 0 atom stereocenters. The van der Waals surface area contributed by atoms with Crippen LogP contribution in [0.5, 0.6) is 5.75 Å². The van der Waals surface area contributed by atoms with Crippen molar-refractivity contribution < 1.29 is 14.4 Å². The normalized spacial score (nSPS) is 10.7. The van der Waals surface area contributed by atoms with E-state index < -0.39 is 0 Å². The van der Waals surface area contributed by atoms with Crippen LogP contribution in [0.3, 0.4) is 0 Å². The maximum Gasteiger partial charge on any atom is 0.255 e. The minimum absolute atomic E-state index is 0.0611. The molecule has 1 amide bonds. The van der Waals surface area contributed by atoms with Gasteiger partial charge >= 0.3 is 0 Å². The number of nitrogens with one attached hydrogen (secondary N) is 2. The second kappa shape index (κ2) is 9.68. The first-order valence-corrected chi connectivity index (χ1v) is 8.72. The van der Waals surface area contributed by atoms with Crippen molar-refractivity contribution >= 4 is 17.7 Å². The number of carbonyl (C=O) groups is 1. The Bertz CT molecular complexity index is 448. The molecule has 21 heavy (non-hydrogen) atoms. The lowest BCUT2D eigenvalue weighted by atomic mass is 10.2. The van der Waals surface area contributed by atoms with Gasteiger partial charge in [0.05, 0.1) is 32.3 Å². The molecule has 1 rings (SSSR count). The fourth-order valence-corrected chi connectivity index (χ4v) is 2.65. The number of hydrogen-bond donors (Lipinski definition) is 2. The second-order valence-electron chi connectivity index (χ2n) is 4.88. The quantitative estimate of drug-likeness (QED) is 0.536. The van der Waals surface area contributed by atoms with Gasteiger partial charge in [-0.1, -0.05) is 0 Å². The molecule has 0 heterocycles. The highest BCUT2D eigenvalue weighted by Gasteiger charge is 2.12. The second-order valence-corrected chi connectivity index (χ2v) is 5.76. The molecule has 0 saturated carbocycles. The number of amides is 1. The summed E-state index contributed by atoms with van der Waals surface area (Å²) in [5.41, 5.74) is 0.602. The van der Waals surface area contributed by atoms with Gasteiger partial charge in [0.25, 0.3) is 5.91 Å². The third-order valence-electron chi connectivity index (χ3n) is 3.65. The Balaban J connectivity index is 2.52. The Hall–Kier alpha value is -1.20. The molecule has 4 nitrogen and oxygen atoms in total. The molecule has 0 aliphatic carbocycles. The molecular weight excluding hydrogens is 284 g/mol. The number of benzene rings is 1. The van der Waals surface area contributed by atoms with Crippen LogP contribution in [0.25, 0.3) is 0 Å². The molecule has 0 unspecified atom stereocenters. The van der Waals surface area contributed by atoms with Crippen LogP contribution in [0.1, 0.15) is 30.6 Å². The smallest absolute Gasteiger partial charge is 0.255 e. The third kappa shape index (κ3) is 5.59. The van der Waals surface area contributed by atoms with Gasteiger partial charge in [-0.15, -0.1) is 11.8 Å². The number of rotatable bonds is 9. The van der Waals surface area contributed by atoms with Crippen molar-refractivity contribution in [3.05, 3.63) is 23.8 Å². The molecule has 1 aromatic rings. The van der Waals surface area contributed by atoms with Crippen molar-refractivity contribution in [2.24, 2.45) is 0 Å². The average molecular weight is 311 g/mol. The van der Waals surface area contributed by atoms with Crippen LogP contribution < -0.4 is 15.0 Å². The van der Waals surface area contributed by atoms with Gasteiger partial charge < -0.3 is 15.0 Å². The molecule has 118 valence electrons. The summed E-state index contributed by atoms with van der Waals surface area (Å²) < 4.78 is 5.31. The first kappa shape index (κ1) is 17.9. The van der Waals surface area contributed by atoms with Gasteiger partial charge in [-0.25, -0.2) is 0 Å². The highest BCUT2D eigenvalue weighted by Crippen LogP contribution is 2.25. The van der Waals surface area contributed by atoms with E-state index in [1.165, 1.54) is 0 Å². The van der Waals surface area contributed by atoms with Crippen LogP contribution in [0.2, 0.25) is 0 Å². The van der Waals surface area contributed by atoms with E-state index in [1.807, 2.05) is 24.5 Å². The summed E-state index contributed by atoms with van der Waals surface area (Å²) in [6.07, 6.45) is 3.00. The third-order valence-corrected chi connectivity index (χ3v) is 4.37. The summed E-state index contributed by atoms with van der Waals surface area (Å²) in [6, 6.07) is 5.68. The van der Waals surface area contributed by atoms with Crippen LogP contribution in [-0.2, 0) is 0 Å². The molecule has 0 aliphatic heterocycles. The molecule has 0 fully saturated rings. The topological polar surface area (TPSA) is 42.8 Å². The summed E-state index contributed by atoms with van der Waals surface area (Å²) in [4.78, 5) is 14.9. The lowest BCUT2D eigenvalue weighted by molar-refractivity contribution is -0.896. The highest BCUT2D eigenvalue weighted by molar-refractivity contribution is 7.98. The van der Waals surface area contributed by atoms with E-state index in [0.29, 0.717) is 17.9 Å². The Labute approximate surface area is 132 Å². The van der Waals surface area contributed by atoms with E-state index in [-0.39, 0.29) is 5.91 Å². The molecule has 5 heteroatoms. The average Bonchev–Trinajstić information content (AvgIpc) is 2.54. The van der Waals surface area contributed by atoms with Crippen LogP contribution >= 0.6 is 11.8 Å². The Kier molecular flexibility index (Phi) is 8.23. The van der Waals surface area contributed by atoms with Crippen molar-refractivity contribution in [2.75, 3.05) is 39.5 Å². The lowest BCUT2D eigenvalue weighted by Crippen LogP contribution is -3.11. The minimum atomic E-state index is -0.0611.